The van der Waals surface area contributed by atoms with E-state index in [1.165, 1.54) is 4.68 Å². The maximum Gasteiger partial charge on any atom is 0.358 e. The van der Waals surface area contributed by atoms with Crippen LogP contribution in [0.3, 0.4) is 0 Å². The van der Waals surface area contributed by atoms with Gasteiger partial charge in [-0.2, -0.15) is 0 Å². The van der Waals surface area contributed by atoms with E-state index >= 15 is 0 Å². The number of aromatic nitrogens is 3. The molecule has 0 aliphatic carbocycles. The van der Waals surface area contributed by atoms with Gasteiger partial charge in [0.15, 0.2) is 5.69 Å². The number of aromatic carboxylic acids is 1. The number of carbonyl (C=O) groups is 2. The molecule has 0 aliphatic heterocycles. The molecule has 0 spiro atoms. The maximum atomic E-state index is 12.2. The van der Waals surface area contributed by atoms with Crippen molar-refractivity contribution in [1.29, 1.82) is 0 Å². The van der Waals surface area contributed by atoms with E-state index in [1.54, 1.807) is 6.07 Å². The number of benzene rings is 1. The average molecular weight is 316 g/mol. The van der Waals surface area contributed by atoms with Crippen LogP contribution in [-0.2, 0) is 16.8 Å². The first kappa shape index (κ1) is 16.7. The second-order valence-corrected chi connectivity index (χ2v) is 6.42. The lowest BCUT2D eigenvalue weighted by molar-refractivity contribution is -0.117. The molecule has 2 rings (SSSR count). The van der Waals surface area contributed by atoms with Crippen molar-refractivity contribution in [2.75, 3.05) is 5.32 Å². The molecule has 0 saturated carbocycles. The smallest absolute Gasteiger partial charge is 0.358 e. The van der Waals surface area contributed by atoms with Gasteiger partial charge in [-0.25, -0.2) is 9.48 Å². The summed E-state index contributed by atoms with van der Waals surface area (Å²) in [5.41, 5.74) is 1.52. The van der Waals surface area contributed by atoms with Crippen LogP contribution in [0.4, 0.5) is 5.69 Å². The van der Waals surface area contributed by atoms with Gasteiger partial charge < -0.3 is 10.4 Å². The van der Waals surface area contributed by atoms with Crippen LogP contribution in [-0.4, -0.2) is 32.0 Å². The lowest BCUT2D eigenvalue weighted by Gasteiger charge is -2.20. The third kappa shape index (κ3) is 3.94. The summed E-state index contributed by atoms with van der Waals surface area (Å²) in [6.07, 6.45) is 0. The van der Waals surface area contributed by atoms with Crippen molar-refractivity contribution in [3.8, 4) is 0 Å². The highest BCUT2D eigenvalue weighted by Crippen LogP contribution is 2.24. The van der Waals surface area contributed by atoms with Crippen LogP contribution in [0.25, 0.3) is 0 Å². The number of anilines is 1. The lowest BCUT2D eigenvalue weighted by atomic mass is 9.90. The van der Waals surface area contributed by atoms with Crippen molar-refractivity contribution in [3.63, 3.8) is 0 Å². The largest absolute Gasteiger partial charge is 0.476 e. The van der Waals surface area contributed by atoms with Crippen LogP contribution >= 0.6 is 0 Å². The van der Waals surface area contributed by atoms with E-state index in [0.29, 0.717) is 11.4 Å². The molecule has 0 aliphatic rings. The van der Waals surface area contributed by atoms with Gasteiger partial charge >= 0.3 is 5.97 Å². The molecule has 0 unspecified atom stereocenters. The van der Waals surface area contributed by atoms with Crippen LogP contribution < -0.4 is 5.32 Å². The van der Waals surface area contributed by atoms with Gasteiger partial charge in [0.25, 0.3) is 0 Å². The second-order valence-electron chi connectivity index (χ2n) is 6.42. The number of hydrogen-bond acceptors (Lipinski definition) is 4. The molecular formula is C16H20N4O3. The van der Waals surface area contributed by atoms with E-state index in [1.807, 2.05) is 45.9 Å². The Hall–Kier alpha value is -2.70. The molecule has 23 heavy (non-hydrogen) atoms. The summed E-state index contributed by atoms with van der Waals surface area (Å²) >= 11 is 0. The topological polar surface area (TPSA) is 97.1 Å². The Morgan fingerprint density at radius 1 is 1.30 bits per heavy atom. The van der Waals surface area contributed by atoms with E-state index in [9.17, 15) is 14.7 Å². The molecule has 1 heterocycles. The molecule has 122 valence electrons. The number of nitrogens with zero attached hydrogens (tertiary/aromatic N) is 3. The highest BCUT2D eigenvalue weighted by molar-refractivity contribution is 5.91. The Kier molecular flexibility index (Phi) is 4.49. The second kappa shape index (κ2) is 6.20. The molecule has 7 heteroatoms. The van der Waals surface area contributed by atoms with Crippen molar-refractivity contribution >= 4 is 17.6 Å². The van der Waals surface area contributed by atoms with Crippen molar-refractivity contribution in [3.05, 3.63) is 41.2 Å². The van der Waals surface area contributed by atoms with Gasteiger partial charge in [-0.05, 0) is 24.6 Å². The van der Waals surface area contributed by atoms with Crippen LogP contribution in [0, 0.1) is 6.92 Å². The number of hydrogen-bond donors (Lipinski definition) is 2. The zero-order valence-electron chi connectivity index (χ0n) is 13.6. The summed E-state index contributed by atoms with van der Waals surface area (Å²) < 4.78 is 1.34. The van der Waals surface area contributed by atoms with Crippen LogP contribution in [0.2, 0.25) is 0 Å². The van der Waals surface area contributed by atoms with E-state index in [4.69, 9.17) is 0 Å². The van der Waals surface area contributed by atoms with E-state index in [-0.39, 0.29) is 18.1 Å². The SMILES string of the molecule is Cc1cccc(NC(=O)Cn2nnc(C(=O)O)c2C(C)(C)C)c1. The van der Waals surface area contributed by atoms with Gasteiger partial charge in [-0.3, -0.25) is 4.79 Å². The molecule has 1 amide bonds. The predicted octanol–water partition coefficient (Wildman–Crippen LogP) is 2.22. The monoisotopic (exact) mass is 316 g/mol. The van der Waals surface area contributed by atoms with Gasteiger partial charge in [0, 0.05) is 11.1 Å². The van der Waals surface area contributed by atoms with Gasteiger partial charge in [0.1, 0.15) is 6.54 Å². The summed E-state index contributed by atoms with van der Waals surface area (Å²) in [5.74, 6) is -1.44. The summed E-state index contributed by atoms with van der Waals surface area (Å²) in [4.78, 5) is 23.5. The molecule has 2 N–H and O–H groups in total. The highest BCUT2D eigenvalue weighted by Gasteiger charge is 2.29. The van der Waals surface area contributed by atoms with Gasteiger partial charge in [-0.15, -0.1) is 5.10 Å². The van der Waals surface area contributed by atoms with Crippen molar-refractivity contribution in [1.82, 2.24) is 15.0 Å². The first-order chi connectivity index (χ1) is 10.7. The fourth-order valence-electron chi connectivity index (χ4n) is 2.37. The quantitative estimate of drug-likeness (QED) is 0.901. The Morgan fingerprint density at radius 3 is 2.57 bits per heavy atom. The Labute approximate surface area is 134 Å². The molecule has 1 aromatic carbocycles. The van der Waals surface area contributed by atoms with Crippen LogP contribution in [0.5, 0.6) is 0 Å². The Balaban J connectivity index is 2.23. The zero-order chi connectivity index (χ0) is 17.2. The minimum absolute atomic E-state index is 0.0964. The molecule has 1 aromatic heterocycles. The fraction of sp³-hybridized carbons (Fsp3) is 0.375. The molecule has 2 aromatic rings. The van der Waals surface area contributed by atoms with Crippen molar-refractivity contribution in [2.45, 2.75) is 39.7 Å². The van der Waals surface area contributed by atoms with E-state index < -0.39 is 11.4 Å². The van der Waals surface area contributed by atoms with E-state index in [0.717, 1.165) is 5.56 Å². The van der Waals surface area contributed by atoms with Crippen molar-refractivity contribution < 1.29 is 14.7 Å². The average Bonchev–Trinajstić information content (AvgIpc) is 2.82. The zero-order valence-corrected chi connectivity index (χ0v) is 13.6. The Morgan fingerprint density at radius 2 is 2.00 bits per heavy atom. The summed E-state index contributed by atoms with van der Waals surface area (Å²) in [7, 11) is 0. The lowest BCUT2D eigenvalue weighted by Crippen LogP contribution is -2.26. The van der Waals surface area contributed by atoms with Crippen molar-refractivity contribution in [2.24, 2.45) is 0 Å². The normalized spacial score (nSPS) is 11.3. The predicted molar refractivity (Wildman–Crippen MR) is 85.5 cm³/mol. The molecular weight excluding hydrogens is 296 g/mol. The number of nitrogens with one attached hydrogen (secondary N) is 1. The van der Waals surface area contributed by atoms with Crippen LogP contribution in [0.15, 0.2) is 24.3 Å². The minimum atomic E-state index is -1.15. The third-order valence-electron chi connectivity index (χ3n) is 3.24. The summed E-state index contributed by atoms with van der Waals surface area (Å²) in [6, 6.07) is 7.43. The number of carboxylic acids is 1. The highest BCUT2D eigenvalue weighted by atomic mass is 16.4. The molecule has 0 fully saturated rings. The van der Waals surface area contributed by atoms with Gasteiger partial charge in [-0.1, -0.05) is 38.1 Å². The molecule has 0 bridgehead atoms. The standard InChI is InChI=1S/C16H20N4O3/c1-10-6-5-7-11(8-10)17-12(21)9-20-14(16(2,3)4)13(15(22)23)18-19-20/h5-8H,9H2,1-4H3,(H,17,21)(H,22,23). The molecule has 0 atom stereocenters. The molecule has 7 nitrogen and oxygen atoms in total. The maximum absolute atomic E-state index is 12.2. The number of amides is 1. The number of rotatable bonds is 4. The number of carbonyl (C=O) groups excluding carboxylic acids is 1. The number of aryl methyl sites for hydroxylation is 1. The first-order valence-electron chi connectivity index (χ1n) is 7.22. The third-order valence-corrected chi connectivity index (χ3v) is 3.24. The number of carboxylic acid groups (broad SMARTS) is 1. The van der Waals surface area contributed by atoms with Gasteiger partial charge in [0.2, 0.25) is 5.91 Å². The molecule has 0 radical (unpaired) electrons. The Bertz CT molecular complexity index is 744. The summed E-state index contributed by atoms with van der Waals surface area (Å²) in [6.45, 7) is 7.40. The van der Waals surface area contributed by atoms with E-state index in [2.05, 4.69) is 15.6 Å². The van der Waals surface area contributed by atoms with Gasteiger partial charge in [0.05, 0.1) is 5.69 Å². The first-order valence-corrected chi connectivity index (χ1v) is 7.22. The van der Waals surface area contributed by atoms with Crippen LogP contribution in [0.1, 0.15) is 42.5 Å². The minimum Gasteiger partial charge on any atom is -0.476 e. The molecule has 0 saturated heterocycles. The summed E-state index contributed by atoms with van der Waals surface area (Å²) in [5, 5.41) is 19.5. The fourth-order valence-corrected chi connectivity index (χ4v) is 2.37.